The molecule has 1 aromatic heterocycles. The van der Waals surface area contributed by atoms with Gasteiger partial charge >= 0.3 is 0 Å². The lowest BCUT2D eigenvalue weighted by atomic mass is 10.1. The number of fused-ring (bicyclic) bond motifs is 1. The van der Waals surface area contributed by atoms with E-state index in [1.807, 2.05) is 0 Å². The molecule has 0 spiro atoms. The number of carbonyl (C=O) groups is 1. The quantitative estimate of drug-likeness (QED) is 0.449. The number of non-ortho nitro benzene ring substituents is 1. The van der Waals surface area contributed by atoms with Crippen molar-refractivity contribution in [2.24, 2.45) is 0 Å². The third-order valence-corrected chi connectivity index (χ3v) is 3.02. The van der Waals surface area contributed by atoms with E-state index in [4.69, 9.17) is 0 Å². The summed E-state index contributed by atoms with van der Waals surface area (Å²) in [5.41, 5.74) is 2.36. The van der Waals surface area contributed by atoms with Crippen LogP contribution in [0.2, 0.25) is 0 Å². The second kappa shape index (κ2) is 4.58. The second-order valence-electron chi connectivity index (χ2n) is 4.25. The molecule has 6 nitrogen and oxygen atoms in total. The number of hydrogen-bond donors (Lipinski definition) is 1. The maximum absolute atomic E-state index is 11.0. The molecule has 0 saturated carbocycles. The van der Waals surface area contributed by atoms with Crippen LogP contribution in [0.15, 0.2) is 42.5 Å². The number of carbonyl (C=O) groups excluding carboxylic acids is 1. The molecule has 3 aromatic rings. The van der Waals surface area contributed by atoms with Crippen LogP contribution in [-0.4, -0.2) is 21.2 Å². The highest BCUT2D eigenvalue weighted by Gasteiger charge is 2.12. The molecule has 0 unspecified atom stereocenters. The molecule has 0 radical (unpaired) electrons. The van der Waals surface area contributed by atoms with E-state index >= 15 is 0 Å². The molecule has 1 N–H and O–H groups in total. The van der Waals surface area contributed by atoms with Crippen LogP contribution >= 0.6 is 0 Å². The summed E-state index contributed by atoms with van der Waals surface area (Å²) in [6.07, 6.45) is 0.755. The van der Waals surface area contributed by atoms with Gasteiger partial charge in [0.25, 0.3) is 5.69 Å². The number of rotatable bonds is 3. The zero-order valence-electron chi connectivity index (χ0n) is 10.2. The van der Waals surface area contributed by atoms with Crippen LogP contribution in [0.4, 0.5) is 5.69 Å². The number of hydrogen-bond acceptors (Lipinski definition) is 4. The number of aromatic nitrogens is 2. The van der Waals surface area contributed by atoms with Crippen molar-refractivity contribution < 1.29 is 9.72 Å². The maximum atomic E-state index is 11.0. The van der Waals surface area contributed by atoms with E-state index in [1.54, 1.807) is 30.3 Å². The fourth-order valence-corrected chi connectivity index (χ4v) is 2.05. The van der Waals surface area contributed by atoms with Crippen molar-refractivity contribution in [3.05, 3.63) is 58.1 Å². The lowest BCUT2D eigenvalue weighted by Gasteiger charge is -1.99. The first kappa shape index (κ1) is 12.0. The van der Waals surface area contributed by atoms with Crippen LogP contribution in [0.25, 0.3) is 22.4 Å². The molecule has 0 saturated heterocycles. The summed E-state index contributed by atoms with van der Waals surface area (Å²) in [5, 5.41) is 10.7. The normalized spacial score (nSPS) is 10.6. The molecule has 0 aliphatic heterocycles. The first-order valence-corrected chi connectivity index (χ1v) is 5.88. The summed E-state index contributed by atoms with van der Waals surface area (Å²) in [5.74, 6) is 0.517. The average Bonchev–Trinajstić information content (AvgIpc) is 2.89. The molecule has 20 heavy (non-hydrogen) atoms. The number of nitro groups is 1. The van der Waals surface area contributed by atoms with Gasteiger partial charge in [-0.15, -0.1) is 0 Å². The Labute approximate surface area is 113 Å². The molecule has 0 fully saturated rings. The Morgan fingerprint density at radius 3 is 2.75 bits per heavy atom. The Kier molecular flexibility index (Phi) is 2.76. The summed E-state index contributed by atoms with van der Waals surface area (Å²) < 4.78 is 0. The van der Waals surface area contributed by atoms with Gasteiger partial charge in [-0.3, -0.25) is 14.9 Å². The van der Waals surface area contributed by atoms with Gasteiger partial charge in [0.2, 0.25) is 0 Å². The highest BCUT2D eigenvalue weighted by atomic mass is 16.6. The summed E-state index contributed by atoms with van der Waals surface area (Å²) in [6, 6.07) is 11.4. The second-order valence-corrected chi connectivity index (χ2v) is 4.25. The number of H-pyrrole nitrogens is 1. The van der Waals surface area contributed by atoms with E-state index in [1.165, 1.54) is 12.1 Å². The van der Waals surface area contributed by atoms with Crippen molar-refractivity contribution in [3.63, 3.8) is 0 Å². The third-order valence-electron chi connectivity index (χ3n) is 3.02. The molecule has 0 aliphatic carbocycles. The highest BCUT2D eigenvalue weighted by Crippen LogP contribution is 2.25. The SMILES string of the molecule is O=Cc1ccccc1-c1nc2ccc([N+](=O)[O-])cc2[nH]1. The summed E-state index contributed by atoms with van der Waals surface area (Å²) >= 11 is 0. The fourth-order valence-electron chi connectivity index (χ4n) is 2.05. The van der Waals surface area contributed by atoms with E-state index in [-0.39, 0.29) is 5.69 Å². The minimum atomic E-state index is -0.459. The van der Waals surface area contributed by atoms with E-state index in [9.17, 15) is 14.9 Å². The van der Waals surface area contributed by atoms with Gasteiger partial charge in [-0.25, -0.2) is 4.98 Å². The van der Waals surface area contributed by atoms with Crippen LogP contribution in [-0.2, 0) is 0 Å². The molecule has 2 aromatic carbocycles. The number of aldehydes is 1. The Bertz CT molecular complexity index is 823. The predicted octanol–water partition coefficient (Wildman–Crippen LogP) is 2.95. The minimum Gasteiger partial charge on any atom is -0.338 e. The lowest BCUT2D eigenvalue weighted by molar-refractivity contribution is -0.384. The Hall–Kier alpha value is -3.02. The van der Waals surface area contributed by atoms with E-state index in [0.29, 0.717) is 28.0 Å². The highest BCUT2D eigenvalue weighted by molar-refractivity contribution is 5.88. The molecule has 98 valence electrons. The first-order chi connectivity index (χ1) is 9.69. The topological polar surface area (TPSA) is 88.9 Å². The van der Waals surface area contributed by atoms with Gasteiger partial charge < -0.3 is 4.98 Å². The van der Waals surface area contributed by atoms with Gasteiger partial charge in [-0.05, 0) is 6.07 Å². The standard InChI is InChI=1S/C14H9N3O3/c18-8-9-3-1-2-4-11(9)14-15-12-6-5-10(17(19)20)7-13(12)16-14/h1-8H,(H,15,16). The predicted molar refractivity (Wildman–Crippen MR) is 73.6 cm³/mol. The van der Waals surface area contributed by atoms with Gasteiger partial charge in [-0.2, -0.15) is 0 Å². The van der Waals surface area contributed by atoms with Gasteiger partial charge in [0.15, 0.2) is 6.29 Å². The zero-order valence-corrected chi connectivity index (χ0v) is 10.2. The van der Waals surface area contributed by atoms with E-state index in [0.717, 1.165) is 6.29 Å². The van der Waals surface area contributed by atoms with Crippen LogP contribution in [0.3, 0.4) is 0 Å². The average molecular weight is 267 g/mol. The molecule has 0 bridgehead atoms. The molecule has 1 heterocycles. The van der Waals surface area contributed by atoms with Gasteiger partial charge in [0.05, 0.1) is 16.0 Å². The number of nitrogens with zero attached hydrogens (tertiary/aromatic N) is 2. The number of nitrogens with one attached hydrogen (secondary N) is 1. The maximum Gasteiger partial charge on any atom is 0.271 e. The molecular weight excluding hydrogens is 258 g/mol. The lowest BCUT2D eigenvalue weighted by Crippen LogP contribution is -1.88. The first-order valence-electron chi connectivity index (χ1n) is 5.88. The monoisotopic (exact) mass is 267 g/mol. The molecule has 3 rings (SSSR count). The molecular formula is C14H9N3O3. The van der Waals surface area contributed by atoms with Crippen molar-refractivity contribution >= 4 is 23.0 Å². The van der Waals surface area contributed by atoms with Crippen molar-refractivity contribution in [3.8, 4) is 11.4 Å². The number of aromatic amines is 1. The van der Waals surface area contributed by atoms with Gasteiger partial charge in [-0.1, -0.05) is 24.3 Å². The van der Waals surface area contributed by atoms with Gasteiger partial charge in [0.1, 0.15) is 5.82 Å². The number of nitro benzene ring substituents is 1. The van der Waals surface area contributed by atoms with E-state index in [2.05, 4.69) is 9.97 Å². The van der Waals surface area contributed by atoms with Crippen LogP contribution < -0.4 is 0 Å². The zero-order chi connectivity index (χ0) is 14.1. The molecule has 0 amide bonds. The number of imidazole rings is 1. The Morgan fingerprint density at radius 1 is 1.20 bits per heavy atom. The molecule has 6 heteroatoms. The summed E-state index contributed by atoms with van der Waals surface area (Å²) in [4.78, 5) is 28.7. The van der Waals surface area contributed by atoms with Crippen LogP contribution in [0, 0.1) is 10.1 Å². The third kappa shape index (κ3) is 1.93. The number of benzene rings is 2. The fraction of sp³-hybridized carbons (Fsp3) is 0. The van der Waals surface area contributed by atoms with Crippen molar-refractivity contribution in [1.29, 1.82) is 0 Å². The summed E-state index contributed by atoms with van der Waals surface area (Å²) in [7, 11) is 0. The van der Waals surface area contributed by atoms with Crippen molar-refractivity contribution in [2.45, 2.75) is 0 Å². The summed E-state index contributed by atoms with van der Waals surface area (Å²) in [6.45, 7) is 0. The Morgan fingerprint density at radius 2 is 2.00 bits per heavy atom. The smallest absolute Gasteiger partial charge is 0.271 e. The van der Waals surface area contributed by atoms with Crippen LogP contribution in [0.1, 0.15) is 10.4 Å². The molecule has 0 aliphatic rings. The van der Waals surface area contributed by atoms with Crippen molar-refractivity contribution in [2.75, 3.05) is 0 Å². The van der Waals surface area contributed by atoms with Gasteiger partial charge in [0, 0.05) is 23.3 Å². The molecule has 0 atom stereocenters. The largest absolute Gasteiger partial charge is 0.338 e. The van der Waals surface area contributed by atoms with Crippen LogP contribution in [0.5, 0.6) is 0 Å². The minimum absolute atomic E-state index is 0.00336. The van der Waals surface area contributed by atoms with E-state index < -0.39 is 4.92 Å². The Balaban J connectivity index is 2.18. The van der Waals surface area contributed by atoms with Crippen molar-refractivity contribution in [1.82, 2.24) is 9.97 Å².